The fourth-order valence-corrected chi connectivity index (χ4v) is 11.6. The van der Waals surface area contributed by atoms with Crippen molar-refractivity contribution in [1.82, 2.24) is 9.97 Å². The fourth-order valence-electron chi connectivity index (χ4n) is 11.6. The molecule has 0 bridgehead atoms. The summed E-state index contributed by atoms with van der Waals surface area (Å²) in [5.41, 5.74) is 19.6. The van der Waals surface area contributed by atoms with Crippen molar-refractivity contribution in [2.45, 2.75) is 24.7 Å². The van der Waals surface area contributed by atoms with Crippen LogP contribution in [0, 0.1) is 0 Å². The Hall–Kier alpha value is -8.20. The first-order chi connectivity index (χ1) is 32.5. The number of benzene rings is 10. The molecular weight excluding hydrogens is 797 g/mol. The largest absolute Gasteiger partial charge is 0.228 e. The zero-order chi connectivity index (χ0) is 44.0. The number of rotatable bonds is 6. The van der Waals surface area contributed by atoms with Crippen LogP contribution >= 0.6 is 0 Å². The van der Waals surface area contributed by atoms with Crippen LogP contribution in [0.4, 0.5) is 0 Å². The molecule has 1 heterocycles. The van der Waals surface area contributed by atoms with Gasteiger partial charge in [-0.2, -0.15) is 0 Å². The third-order valence-corrected chi connectivity index (χ3v) is 14.6. The summed E-state index contributed by atoms with van der Waals surface area (Å²) < 4.78 is 0. The summed E-state index contributed by atoms with van der Waals surface area (Å²) in [6.45, 7) is 4.77. The highest BCUT2D eigenvalue weighted by molar-refractivity contribution is 6.06. The highest BCUT2D eigenvalue weighted by atomic mass is 14.9. The monoisotopic (exact) mass is 840 g/mol. The molecule has 0 radical (unpaired) electrons. The molecule has 0 aliphatic heterocycles. The summed E-state index contributed by atoms with van der Waals surface area (Å²) >= 11 is 0. The Morgan fingerprint density at radius 1 is 0.318 bits per heavy atom. The lowest BCUT2D eigenvalue weighted by molar-refractivity contribution is 0.666. The minimum atomic E-state index is -0.516. The molecule has 0 saturated heterocycles. The van der Waals surface area contributed by atoms with E-state index in [9.17, 15) is 0 Å². The zero-order valence-corrected chi connectivity index (χ0v) is 36.8. The molecule has 0 spiro atoms. The summed E-state index contributed by atoms with van der Waals surface area (Å²) in [6, 6.07) is 84.3. The van der Waals surface area contributed by atoms with Crippen LogP contribution in [-0.2, 0) is 10.8 Å². The van der Waals surface area contributed by atoms with Gasteiger partial charge >= 0.3 is 0 Å². The van der Waals surface area contributed by atoms with Crippen LogP contribution in [0.25, 0.3) is 88.8 Å². The first-order valence-electron chi connectivity index (χ1n) is 23.0. The van der Waals surface area contributed by atoms with Gasteiger partial charge in [0, 0.05) is 22.1 Å². The van der Waals surface area contributed by atoms with Gasteiger partial charge in [-0.15, -0.1) is 0 Å². The number of aromatic nitrogens is 2. The minimum absolute atomic E-state index is 0.148. The van der Waals surface area contributed by atoms with E-state index in [4.69, 9.17) is 9.97 Å². The van der Waals surface area contributed by atoms with Crippen molar-refractivity contribution in [2.75, 3.05) is 0 Å². The number of fused-ring (bicyclic) bond motifs is 9. The molecule has 0 atom stereocenters. The molecule has 10 aromatic carbocycles. The van der Waals surface area contributed by atoms with E-state index in [2.05, 4.69) is 238 Å². The van der Waals surface area contributed by atoms with Gasteiger partial charge < -0.3 is 0 Å². The molecule has 66 heavy (non-hydrogen) atoms. The van der Waals surface area contributed by atoms with Crippen LogP contribution in [0.3, 0.4) is 0 Å². The predicted molar refractivity (Wildman–Crippen MR) is 274 cm³/mol. The van der Waals surface area contributed by atoms with E-state index < -0.39 is 5.41 Å². The fraction of sp³-hybridized carbons (Fsp3) is 0.0625. The van der Waals surface area contributed by atoms with Crippen molar-refractivity contribution in [2.24, 2.45) is 0 Å². The average molecular weight is 841 g/mol. The Morgan fingerprint density at radius 2 is 0.833 bits per heavy atom. The molecule has 13 rings (SSSR count). The summed E-state index contributed by atoms with van der Waals surface area (Å²) in [7, 11) is 0. The van der Waals surface area contributed by atoms with Gasteiger partial charge in [-0.1, -0.05) is 226 Å². The lowest BCUT2D eigenvalue weighted by Gasteiger charge is -2.34. The van der Waals surface area contributed by atoms with Gasteiger partial charge in [0.25, 0.3) is 0 Å². The maximum atomic E-state index is 5.38. The Labute approximate surface area is 385 Å². The molecule has 0 amide bonds. The normalized spacial score (nSPS) is 13.8. The van der Waals surface area contributed by atoms with Crippen LogP contribution in [-0.4, -0.2) is 9.97 Å². The van der Waals surface area contributed by atoms with Crippen molar-refractivity contribution in [3.63, 3.8) is 0 Å². The second-order valence-electron chi connectivity index (χ2n) is 18.4. The van der Waals surface area contributed by atoms with Crippen molar-refractivity contribution >= 4 is 21.5 Å². The first-order valence-corrected chi connectivity index (χ1v) is 23.0. The second kappa shape index (κ2) is 14.7. The van der Waals surface area contributed by atoms with Gasteiger partial charge in [0.1, 0.15) is 0 Å². The number of hydrogen-bond acceptors (Lipinski definition) is 2. The average Bonchev–Trinajstić information content (AvgIpc) is 3.81. The van der Waals surface area contributed by atoms with Crippen molar-refractivity contribution in [3.8, 4) is 67.3 Å². The quantitative estimate of drug-likeness (QED) is 0.167. The second-order valence-corrected chi connectivity index (χ2v) is 18.4. The van der Waals surface area contributed by atoms with Crippen LogP contribution < -0.4 is 0 Å². The molecule has 310 valence electrons. The SMILES string of the molecule is CC1(C)c2cc(-c3ccc(-c4cc(-c5ccc6c(c5)C(c5ccccc5)(c5ccccc5)c5ccccc5-6)nc(-c5ccccc5)n4)c4ccccc34)ccc2-c2ccc3ccccc3c21. The van der Waals surface area contributed by atoms with Crippen LogP contribution in [0.2, 0.25) is 0 Å². The molecule has 2 heteroatoms. The molecule has 2 nitrogen and oxygen atoms in total. The molecule has 2 aliphatic rings. The van der Waals surface area contributed by atoms with E-state index in [1.807, 2.05) is 6.07 Å². The molecule has 2 aliphatic carbocycles. The third-order valence-electron chi connectivity index (χ3n) is 14.6. The number of hydrogen-bond donors (Lipinski definition) is 0. The van der Waals surface area contributed by atoms with Crippen LogP contribution in [0.1, 0.15) is 47.2 Å². The van der Waals surface area contributed by atoms with Gasteiger partial charge in [-0.25, -0.2) is 9.97 Å². The van der Waals surface area contributed by atoms with E-state index in [0.717, 1.165) is 33.5 Å². The van der Waals surface area contributed by atoms with Crippen LogP contribution in [0.15, 0.2) is 231 Å². The van der Waals surface area contributed by atoms with Crippen molar-refractivity contribution in [1.29, 1.82) is 0 Å². The Balaban J connectivity index is 0.982. The topological polar surface area (TPSA) is 25.8 Å². The third kappa shape index (κ3) is 5.61. The molecule has 0 fully saturated rings. The van der Waals surface area contributed by atoms with E-state index in [0.29, 0.717) is 5.82 Å². The van der Waals surface area contributed by atoms with E-state index in [1.165, 1.54) is 82.9 Å². The molecule has 0 saturated carbocycles. The zero-order valence-electron chi connectivity index (χ0n) is 36.8. The highest BCUT2D eigenvalue weighted by Gasteiger charge is 2.46. The summed E-state index contributed by atoms with van der Waals surface area (Å²) in [6.07, 6.45) is 0. The van der Waals surface area contributed by atoms with Crippen LogP contribution in [0.5, 0.6) is 0 Å². The van der Waals surface area contributed by atoms with Crippen molar-refractivity contribution in [3.05, 3.63) is 264 Å². The number of nitrogens with zero attached hydrogens (tertiary/aromatic N) is 2. The van der Waals surface area contributed by atoms with E-state index >= 15 is 0 Å². The Morgan fingerprint density at radius 3 is 1.58 bits per heavy atom. The molecule has 0 unspecified atom stereocenters. The van der Waals surface area contributed by atoms with E-state index in [-0.39, 0.29) is 5.41 Å². The summed E-state index contributed by atoms with van der Waals surface area (Å²) in [5.74, 6) is 0.699. The minimum Gasteiger partial charge on any atom is -0.228 e. The molecule has 1 aromatic heterocycles. The first kappa shape index (κ1) is 38.3. The van der Waals surface area contributed by atoms with Gasteiger partial charge in [0.15, 0.2) is 5.82 Å². The maximum Gasteiger partial charge on any atom is 0.160 e. The molecular formula is C64H44N2. The predicted octanol–water partition coefficient (Wildman–Crippen LogP) is 16.1. The van der Waals surface area contributed by atoms with E-state index in [1.54, 1.807) is 0 Å². The van der Waals surface area contributed by atoms with Gasteiger partial charge in [0.05, 0.1) is 16.8 Å². The summed E-state index contributed by atoms with van der Waals surface area (Å²) in [4.78, 5) is 10.8. The highest BCUT2D eigenvalue weighted by Crippen LogP contribution is 2.57. The maximum absolute atomic E-state index is 5.38. The summed E-state index contributed by atoms with van der Waals surface area (Å²) in [5, 5.41) is 4.98. The lowest BCUT2D eigenvalue weighted by atomic mass is 9.67. The molecule has 0 N–H and O–H groups in total. The van der Waals surface area contributed by atoms with Gasteiger partial charge in [-0.3, -0.25) is 0 Å². The standard InChI is InChI=1S/C64H44N2/c1-63(2)57-38-43(31-33-53(57)55-35-30-41-18-12-13-25-48(41)61(55)63)47-36-37-54(50-27-15-14-26-49(47)50)60-40-59(65-62(66-60)42-19-6-3-7-20-42)44-32-34-52-51-28-16-17-29-56(51)64(58(52)39-44,45-21-8-4-9-22-45)46-23-10-5-11-24-46/h3-40H,1-2H3. The molecule has 11 aromatic rings. The lowest BCUT2D eigenvalue weighted by Crippen LogP contribution is -2.28. The van der Waals surface area contributed by atoms with Crippen molar-refractivity contribution < 1.29 is 0 Å². The Kier molecular flexibility index (Phi) is 8.51. The smallest absolute Gasteiger partial charge is 0.160 e. The van der Waals surface area contributed by atoms with Gasteiger partial charge in [-0.05, 0) is 107 Å². The Bertz CT molecular complexity index is 3680. The van der Waals surface area contributed by atoms with Gasteiger partial charge in [0.2, 0.25) is 0 Å².